The standard InChI is InChI=1S/C16H11F3O10S/c1-26-15-11(29-30(24,25)16(17,18)19)12(22)28-14(15)10(21)8-5-3-2-4-7(8)9(20)13(14,23)6-27-15/h2-5,11,23H,6H2,1H3/t11?,13-,14+,15+/m1/s1. The van der Waals surface area contributed by atoms with E-state index in [-0.39, 0.29) is 11.1 Å². The van der Waals surface area contributed by atoms with Gasteiger partial charge in [-0.3, -0.25) is 9.59 Å². The average molecular weight is 452 g/mol. The second kappa shape index (κ2) is 5.85. The summed E-state index contributed by atoms with van der Waals surface area (Å²) < 4.78 is 80.5. The van der Waals surface area contributed by atoms with Gasteiger partial charge in [-0.2, -0.15) is 21.6 Å². The number of methoxy groups -OCH3 is 1. The van der Waals surface area contributed by atoms with E-state index in [1.165, 1.54) is 18.2 Å². The van der Waals surface area contributed by atoms with Gasteiger partial charge >= 0.3 is 21.6 Å². The number of aliphatic hydroxyl groups is 1. The Kier molecular flexibility index (Phi) is 4.07. The molecule has 1 spiro atoms. The fourth-order valence-electron chi connectivity index (χ4n) is 3.98. The molecule has 1 unspecified atom stereocenters. The fourth-order valence-corrected chi connectivity index (χ4v) is 4.55. The third-order valence-electron chi connectivity index (χ3n) is 5.30. The molecule has 1 aromatic carbocycles. The largest absolute Gasteiger partial charge is 0.523 e. The van der Waals surface area contributed by atoms with Crippen LogP contribution < -0.4 is 0 Å². The summed E-state index contributed by atoms with van der Waals surface area (Å²) in [5.74, 6) is -7.19. The highest BCUT2D eigenvalue weighted by atomic mass is 32.2. The van der Waals surface area contributed by atoms with E-state index in [1.54, 1.807) is 0 Å². The molecule has 0 aromatic heterocycles. The second-order valence-electron chi connectivity index (χ2n) is 6.70. The number of hydrogen-bond acceptors (Lipinski definition) is 10. The van der Waals surface area contributed by atoms with Crippen molar-refractivity contribution >= 4 is 27.7 Å². The molecule has 2 aliphatic heterocycles. The number of carbonyl (C=O) groups is 3. The quantitative estimate of drug-likeness (QED) is 0.369. The van der Waals surface area contributed by atoms with Crippen molar-refractivity contribution in [2.24, 2.45) is 0 Å². The summed E-state index contributed by atoms with van der Waals surface area (Å²) >= 11 is 0. The molecular weight excluding hydrogens is 441 g/mol. The SMILES string of the molecule is CO[C@@]12OC[C@@]3(O)C(=O)c4ccccc4C(=O)[C@@]13OC(=O)C2OS(=O)(=O)C(F)(F)F. The molecule has 0 saturated carbocycles. The molecule has 10 nitrogen and oxygen atoms in total. The van der Waals surface area contributed by atoms with Crippen molar-refractivity contribution in [3.8, 4) is 0 Å². The van der Waals surface area contributed by atoms with E-state index in [1.807, 2.05) is 0 Å². The molecule has 1 N–H and O–H groups in total. The van der Waals surface area contributed by atoms with E-state index in [0.29, 0.717) is 0 Å². The number of ketones is 2. The van der Waals surface area contributed by atoms with E-state index in [0.717, 1.165) is 13.2 Å². The Morgan fingerprint density at radius 1 is 1.13 bits per heavy atom. The van der Waals surface area contributed by atoms with Crippen molar-refractivity contribution in [1.82, 2.24) is 0 Å². The molecule has 4 rings (SSSR count). The smallest absolute Gasteiger partial charge is 0.439 e. The highest BCUT2D eigenvalue weighted by Crippen LogP contribution is 2.58. The lowest BCUT2D eigenvalue weighted by atomic mass is 9.65. The average Bonchev–Trinajstić information content (AvgIpc) is 3.08. The van der Waals surface area contributed by atoms with Crippen LogP contribution in [0.3, 0.4) is 0 Å². The highest BCUT2D eigenvalue weighted by Gasteiger charge is 2.88. The Bertz CT molecular complexity index is 1100. The Morgan fingerprint density at radius 3 is 2.23 bits per heavy atom. The molecule has 2 saturated heterocycles. The first kappa shape index (κ1) is 20.9. The summed E-state index contributed by atoms with van der Waals surface area (Å²) in [5.41, 5.74) is -12.5. The van der Waals surface area contributed by atoms with Gasteiger partial charge in [-0.05, 0) is 0 Å². The summed E-state index contributed by atoms with van der Waals surface area (Å²) in [5, 5.41) is 11.1. The van der Waals surface area contributed by atoms with Crippen molar-refractivity contribution in [1.29, 1.82) is 0 Å². The summed E-state index contributed by atoms with van der Waals surface area (Å²) in [7, 11) is -5.64. The van der Waals surface area contributed by atoms with Gasteiger partial charge in [-0.15, -0.1) is 0 Å². The van der Waals surface area contributed by atoms with E-state index in [2.05, 4.69) is 4.18 Å². The minimum Gasteiger partial charge on any atom is -0.439 e. The van der Waals surface area contributed by atoms with Crippen LogP contribution in [-0.4, -0.2) is 73.4 Å². The van der Waals surface area contributed by atoms with Crippen molar-refractivity contribution in [2.75, 3.05) is 13.7 Å². The van der Waals surface area contributed by atoms with Crippen LogP contribution >= 0.6 is 0 Å². The molecule has 162 valence electrons. The number of benzene rings is 1. The number of fused-ring (bicyclic) bond motifs is 1. The predicted octanol–water partition coefficient (Wildman–Crippen LogP) is -0.300. The third kappa shape index (κ3) is 2.12. The van der Waals surface area contributed by atoms with Gasteiger partial charge in [-0.25, -0.2) is 8.98 Å². The molecule has 0 bridgehead atoms. The number of ether oxygens (including phenoxy) is 3. The molecule has 0 amide bonds. The maximum Gasteiger partial charge on any atom is 0.523 e. The first-order valence-electron chi connectivity index (χ1n) is 8.11. The number of rotatable bonds is 3. The van der Waals surface area contributed by atoms with Crippen molar-refractivity contribution in [2.45, 2.75) is 28.6 Å². The zero-order valence-electron chi connectivity index (χ0n) is 14.8. The second-order valence-corrected chi connectivity index (χ2v) is 8.27. The van der Waals surface area contributed by atoms with Gasteiger partial charge in [0, 0.05) is 18.2 Å². The van der Waals surface area contributed by atoms with E-state index >= 15 is 0 Å². The van der Waals surface area contributed by atoms with Crippen molar-refractivity contribution in [3.63, 3.8) is 0 Å². The van der Waals surface area contributed by atoms with Crippen LogP contribution in [-0.2, 0) is 33.3 Å². The van der Waals surface area contributed by atoms with Crippen LogP contribution in [0.25, 0.3) is 0 Å². The first-order valence-corrected chi connectivity index (χ1v) is 9.52. The van der Waals surface area contributed by atoms with Crippen molar-refractivity contribution in [3.05, 3.63) is 35.4 Å². The monoisotopic (exact) mass is 452 g/mol. The molecule has 30 heavy (non-hydrogen) atoms. The molecule has 2 heterocycles. The van der Waals surface area contributed by atoms with E-state index in [9.17, 15) is 41.1 Å². The Morgan fingerprint density at radius 2 is 1.70 bits per heavy atom. The minimum absolute atomic E-state index is 0.255. The normalized spacial score (nSPS) is 35.6. The zero-order chi connectivity index (χ0) is 22.3. The summed E-state index contributed by atoms with van der Waals surface area (Å²) in [6, 6.07) is 5.07. The Hall–Kier alpha value is -2.39. The summed E-state index contributed by atoms with van der Waals surface area (Å²) in [6.07, 6.45) is -2.80. The Labute approximate surface area is 165 Å². The van der Waals surface area contributed by atoms with Gasteiger partial charge in [0.15, 0.2) is 0 Å². The minimum atomic E-state index is -6.39. The number of esters is 1. The molecule has 1 aromatic rings. The Balaban J connectivity index is 1.94. The maximum absolute atomic E-state index is 13.3. The lowest BCUT2D eigenvalue weighted by Gasteiger charge is -2.43. The number of carbonyl (C=O) groups excluding carboxylic acids is 3. The zero-order valence-corrected chi connectivity index (χ0v) is 15.6. The third-order valence-corrected chi connectivity index (χ3v) is 6.32. The lowest BCUT2D eigenvalue weighted by Crippen LogP contribution is -2.73. The molecule has 0 radical (unpaired) electrons. The predicted molar refractivity (Wildman–Crippen MR) is 84.4 cm³/mol. The molecular formula is C16H11F3O10S. The van der Waals surface area contributed by atoms with Gasteiger partial charge in [0.2, 0.25) is 23.3 Å². The molecule has 1 aliphatic carbocycles. The summed E-state index contributed by atoms with van der Waals surface area (Å²) in [6.45, 7) is -1.06. The number of Topliss-reactive ketones (excluding diaryl/α,β-unsaturated/α-hetero) is 2. The van der Waals surface area contributed by atoms with Crippen LogP contribution in [0.1, 0.15) is 20.7 Å². The van der Waals surface area contributed by atoms with Crippen LogP contribution in [0, 0.1) is 0 Å². The topological polar surface area (TPSA) is 142 Å². The van der Waals surface area contributed by atoms with E-state index < -0.39 is 62.9 Å². The van der Waals surface area contributed by atoms with E-state index in [4.69, 9.17) is 14.2 Å². The number of hydrogen-bond donors (Lipinski definition) is 1. The van der Waals surface area contributed by atoms with Crippen LogP contribution in [0.15, 0.2) is 24.3 Å². The molecule has 2 fully saturated rings. The molecule has 14 heteroatoms. The van der Waals surface area contributed by atoms with Gasteiger partial charge in [0.05, 0.1) is 6.61 Å². The fraction of sp³-hybridized carbons (Fsp3) is 0.438. The van der Waals surface area contributed by atoms with Crippen LogP contribution in [0.2, 0.25) is 0 Å². The highest BCUT2D eigenvalue weighted by molar-refractivity contribution is 7.87. The summed E-state index contributed by atoms with van der Waals surface area (Å²) in [4.78, 5) is 38.6. The number of alkyl halides is 3. The maximum atomic E-state index is 13.3. The van der Waals surface area contributed by atoms with Gasteiger partial charge in [0.25, 0.3) is 11.4 Å². The van der Waals surface area contributed by atoms with Crippen LogP contribution in [0.4, 0.5) is 13.2 Å². The van der Waals surface area contributed by atoms with Gasteiger partial charge in [-0.1, -0.05) is 24.3 Å². The molecule has 3 aliphatic rings. The van der Waals surface area contributed by atoms with Gasteiger partial charge < -0.3 is 19.3 Å². The van der Waals surface area contributed by atoms with Crippen LogP contribution in [0.5, 0.6) is 0 Å². The number of halogens is 3. The van der Waals surface area contributed by atoms with Crippen molar-refractivity contribution < 1.29 is 59.5 Å². The first-order chi connectivity index (χ1) is 13.8. The van der Waals surface area contributed by atoms with Gasteiger partial charge in [0.1, 0.15) is 0 Å². The lowest BCUT2D eigenvalue weighted by molar-refractivity contribution is -0.257. The molecule has 4 atom stereocenters.